The number of methoxy groups -OCH3 is 1. The summed E-state index contributed by atoms with van der Waals surface area (Å²) in [7, 11) is 1.61. The largest absolute Gasteiger partial charge is 0.370 e. The smallest absolute Gasteiger partial charge is 0.161 e. The average molecular weight is 186 g/mol. The Kier molecular flexibility index (Phi) is 5.23. The Balaban J connectivity index is 4.29. The van der Waals surface area contributed by atoms with E-state index in [2.05, 4.69) is 13.8 Å². The van der Waals surface area contributed by atoms with E-state index in [4.69, 9.17) is 4.74 Å². The third-order valence-corrected chi connectivity index (χ3v) is 3.05. The summed E-state index contributed by atoms with van der Waals surface area (Å²) in [5, 5.41) is 0. The molecule has 0 aliphatic carbocycles. The molecule has 2 heteroatoms. The molecule has 78 valence electrons. The maximum Gasteiger partial charge on any atom is 0.161 e. The molecule has 0 saturated heterocycles. The Hall–Kier alpha value is -0.370. The van der Waals surface area contributed by atoms with Gasteiger partial charge in [0.1, 0.15) is 5.60 Å². The minimum absolute atomic E-state index is 0.124. The van der Waals surface area contributed by atoms with Crippen LogP contribution in [0.15, 0.2) is 0 Å². The predicted molar refractivity (Wildman–Crippen MR) is 54.8 cm³/mol. The average Bonchev–Trinajstić information content (AvgIpc) is 2.12. The molecule has 2 atom stereocenters. The van der Waals surface area contributed by atoms with E-state index in [0.717, 1.165) is 12.8 Å². The number of rotatable bonds is 6. The topological polar surface area (TPSA) is 26.3 Å². The lowest BCUT2D eigenvalue weighted by atomic mass is 9.83. The van der Waals surface area contributed by atoms with Gasteiger partial charge in [0, 0.05) is 7.11 Å². The summed E-state index contributed by atoms with van der Waals surface area (Å²) in [6.07, 6.45) is 3.38. The van der Waals surface area contributed by atoms with Gasteiger partial charge in [0.2, 0.25) is 0 Å². The highest BCUT2D eigenvalue weighted by atomic mass is 16.5. The molecule has 0 aromatic carbocycles. The third kappa shape index (κ3) is 3.11. The molecule has 13 heavy (non-hydrogen) atoms. The Morgan fingerprint density at radius 1 is 1.54 bits per heavy atom. The first kappa shape index (κ1) is 12.6. The summed E-state index contributed by atoms with van der Waals surface area (Å²) in [6.45, 7) is 7.73. The SMILES string of the molecule is CCCCC(C)C(C)(OC)C(C)=O. The van der Waals surface area contributed by atoms with E-state index in [-0.39, 0.29) is 5.78 Å². The van der Waals surface area contributed by atoms with E-state index < -0.39 is 5.60 Å². The lowest BCUT2D eigenvalue weighted by Gasteiger charge is -2.31. The van der Waals surface area contributed by atoms with Gasteiger partial charge < -0.3 is 4.74 Å². The van der Waals surface area contributed by atoms with Crippen molar-refractivity contribution >= 4 is 5.78 Å². The molecule has 0 N–H and O–H groups in total. The molecule has 0 fully saturated rings. The van der Waals surface area contributed by atoms with Crippen LogP contribution in [0.3, 0.4) is 0 Å². The Morgan fingerprint density at radius 2 is 2.08 bits per heavy atom. The fourth-order valence-electron chi connectivity index (χ4n) is 1.48. The van der Waals surface area contributed by atoms with Gasteiger partial charge in [0.15, 0.2) is 5.78 Å². The molecule has 0 rings (SSSR count). The van der Waals surface area contributed by atoms with Crippen molar-refractivity contribution in [1.29, 1.82) is 0 Å². The van der Waals surface area contributed by atoms with Crippen molar-refractivity contribution in [2.75, 3.05) is 7.11 Å². The molecular weight excluding hydrogens is 164 g/mol. The molecule has 0 saturated carbocycles. The first-order valence-electron chi connectivity index (χ1n) is 5.05. The fraction of sp³-hybridized carbons (Fsp3) is 0.909. The molecule has 0 amide bonds. The number of unbranched alkanes of at least 4 members (excludes halogenated alkanes) is 1. The van der Waals surface area contributed by atoms with Crippen molar-refractivity contribution in [3.63, 3.8) is 0 Å². The van der Waals surface area contributed by atoms with Crippen LogP contribution in [0.4, 0.5) is 0 Å². The molecule has 0 aromatic rings. The number of carbonyl (C=O) groups is 1. The van der Waals surface area contributed by atoms with E-state index in [1.165, 1.54) is 6.42 Å². The van der Waals surface area contributed by atoms with Crippen molar-refractivity contribution < 1.29 is 9.53 Å². The van der Waals surface area contributed by atoms with Crippen molar-refractivity contribution in [2.45, 2.75) is 52.6 Å². The number of hydrogen-bond donors (Lipinski definition) is 0. The second-order valence-electron chi connectivity index (χ2n) is 3.91. The molecule has 2 unspecified atom stereocenters. The van der Waals surface area contributed by atoms with Crippen LogP contribution in [0.5, 0.6) is 0 Å². The molecule has 0 aliphatic rings. The summed E-state index contributed by atoms with van der Waals surface area (Å²) in [4.78, 5) is 11.4. The minimum Gasteiger partial charge on any atom is -0.370 e. The van der Waals surface area contributed by atoms with Crippen LogP contribution in [0, 0.1) is 5.92 Å². The van der Waals surface area contributed by atoms with Gasteiger partial charge in [-0.3, -0.25) is 4.79 Å². The Labute approximate surface area is 81.7 Å². The van der Waals surface area contributed by atoms with Crippen LogP contribution in [-0.2, 0) is 9.53 Å². The van der Waals surface area contributed by atoms with Crippen molar-refractivity contribution in [1.82, 2.24) is 0 Å². The lowest BCUT2D eigenvalue weighted by molar-refractivity contribution is -0.142. The monoisotopic (exact) mass is 186 g/mol. The zero-order chi connectivity index (χ0) is 10.5. The highest BCUT2D eigenvalue weighted by Gasteiger charge is 2.35. The molecule has 0 bridgehead atoms. The van der Waals surface area contributed by atoms with Crippen LogP contribution < -0.4 is 0 Å². The Morgan fingerprint density at radius 3 is 2.38 bits per heavy atom. The van der Waals surface area contributed by atoms with E-state index in [9.17, 15) is 4.79 Å². The van der Waals surface area contributed by atoms with Crippen LogP contribution >= 0.6 is 0 Å². The summed E-state index contributed by atoms with van der Waals surface area (Å²) < 4.78 is 5.31. The maximum absolute atomic E-state index is 11.4. The van der Waals surface area contributed by atoms with E-state index in [1.807, 2.05) is 6.92 Å². The molecule has 0 radical (unpaired) electrons. The highest BCUT2D eigenvalue weighted by Crippen LogP contribution is 2.26. The van der Waals surface area contributed by atoms with Crippen LogP contribution in [-0.4, -0.2) is 18.5 Å². The van der Waals surface area contributed by atoms with Gasteiger partial charge in [0.05, 0.1) is 0 Å². The van der Waals surface area contributed by atoms with Crippen molar-refractivity contribution in [2.24, 2.45) is 5.92 Å². The normalized spacial score (nSPS) is 17.9. The second-order valence-corrected chi connectivity index (χ2v) is 3.91. The van der Waals surface area contributed by atoms with Crippen LogP contribution in [0.2, 0.25) is 0 Å². The van der Waals surface area contributed by atoms with Gasteiger partial charge in [0.25, 0.3) is 0 Å². The van der Waals surface area contributed by atoms with Crippen molar-refractivity contribution in [3.05, 3.63) is 0 Å². The first-order valence-corrected chi connectivity index (χ1v) is 5.05. The number of ketones is 1. The quantitative estimate of drug-likeness (QED) is 0.637. The number of carbonyl (C=O) groups excluding carboxylic acids is 1. The maximum atomic E-state index is 11.4. The van der Waals surface area contributed by atoms with E-state index in [1.54, 1.807) is 14.0 Å². The lowest BCUT2D eigenvalue weighted by Crippen LogP contribution is -2.42. The third-order valence-electron chi connectivity index (χ3n) is 3.05. The van der Waals surface area contributed by atoms with Gasteiger partial charge in [-0.2, -0.15) is 0 Å². The van der Waals surface area contributed by atoms with Crippen LogP contribution in [0.1, 0.15) is 47.0 Å². The zero-order valence-corrected chi connectivity index (χ0v) is 9.52. The van der Waals surface area contributed by atoms with E-state index >= 15 is 0 Å². The predicted octanol–water partition coefficient (Wildman–Crippen LogP) is 2.81. The van der Waals surface area contributed by atoms with Gasteiger partial charge in [-0.15, -0.1) is 0 Å². The summed E-state index contributed by atoms with van der Waals surface area (Å²) in [6, 6.07) is 0. The highest BCUT2D eigenvalue weighted by molar-refractivity contribution is 5.84. The van der Waals surface area contributed by atoms with Crippen LogP contribution in [0.25, 0.3) is 0 Å². The van der Waals surface area contributed by atoms with Gasteiger partial charge in [-0.1, -0.05) is 26.7 Å². The zero-order valence-electron chi connectivity index (χ0n) is 9.52. The minimum atomic E-state index is -0.588. The van der Waals surface area contributed by atoms with Gasteiger partial charge in [-0.05, 0) is 26.2 Å². The standard InChI is InChI=1S/C11H22O2/c1-6-7-8-9(2)11(4,13-5)10(3)12/h9H,6-8H2,1-5H3. The molecular formula is C11H22O2. The molecule has 2 nitrogen and oxygen atoms in total. The second kappa shape index (κ2) is 5.38. The number of Topliss-reactive ketones (excluding diaryl/α,β-unsaturated/α-hetero) is 1. The summed E-state index contributed by atoms with van der Waals surface area (Å²) in [5.74, 6) is 0.425. The number of ether oxygens (including phenoxy) is 1. The summed E-state index contributed by atoms with van der Waals surface area (Å²) in [5.41, 5.74) is -0.588. The van der Waals surface area contributed by atoms with Gasteiger partial charge in [-0.25, -0.2) is 0 Å². The van der Waals surface area contributed by atoms with Gasteiger partial charge >= 0.3 is 0 Å². The molecule has 0 spiro atoms. The first-order chi connectivity index (χ1) is 5.99. The van der Waals surface area contributed by atoms with E-state index in [0.29, 0.717) is 5.92 Å². The summed E-state index contributed by atoms with van der Waals surface area (Å²) >= 11 is 0. The molecule has 0 aliphatic heterocycles. The Bertz CT molecular complexity index is 165. The number of hydrogen-bond acceptors (Lipinski definition) is 2. The van der Waals surface area contributed by atoms with Crippen molar-refractivity contribution in [3.8, 4) is 0 Å². The molecule has 0 heterocycles. The fourth-order valence-corrected chi connectivity index (χ4v) is 1.48. The molecule has 0 aromatic heterocycles.